The van der Waals surface area contributed by atoms with Crippen molar-refractivity contribution in [1.29, 1.82) is 0 Å². The van der Waals surface area contributed by atoms with E-state index in [4.69, 9.17) is 11.6 Å². The molecule has 4 aliphatic carbocycles. The van der Waals surface area contributed by atoms with E-state index in [1.165, 1.54) is 0 Å². The van der Waals surface area contributed by atoms with Gasteiger partial charge in [0.2, 0.25) is 0 Å². The van der Waals surface area contributed by atoms with Gasteiger partial charge in [-0.2, -0.15) is 0 Å². The second kappa shape index (κ2) is 5.99. The SMILES string of the molecule is C[C@]12CCC(=O)C=C1C(Cl)=C[C@@H]1[C@@H]2C(O)C[C@@]2(C)[C@H]1CC[C@]2(O)C(=O)CO. The van der Waals surface area contributed by atoms with Crippen LogP contribution in [0.25, 0.3) is 0 Å². The monoisotopic (exact) mass is 394 g/mol. The topological polar surface area (TPSA) is 94.8 Å². The van der Waals surface area contributed by atoms with E-state index in [1.54, 1.807) is 6.08 Å². The number of rotatable bonds is 2. The maximum atomic E-state index is 12.4. The minimum atomic E-state index is -1.63. The Morgan fingerprint density at radius 2 is 2.04 bits per heavy atom. The Kier molecular flexibility index (Phi) is 4.29. The van der Waals surface area contributed by atoms with Crippen molar-refractivity contribution in [2.45, 2.75) is 57.7 Å². The number of carbonyl (C=O) groups is 2. The van der Waals surface area contributed by atoms with Gasteiger partial charge < -0.3 is 15.3 Å². The summed E-state index contributed by atoms with van der Waals surface area (Å²) >= 11 is 6.60. The van der Waals surface area contributed by atoms with Gasteiger partial charge in [-0.05, 0) is 49.2 Å². The lowest BCUT2D eigenvalue weighted by Gasteiger charge is -2.59. The van der Waals surface area contributed by atoms with Gasteiger partial charge in [0.25, 0.3) is 0 Å². The van der Waals surface area contributed by atoms with Crippen molar-refractivity contribution in [2.75, 3.05) is 6.61 Å². The number of fused-ring (bicyclic) bond motifs is 5. The Morgan fingerprint density at radius 1 is 1.33 bits per heavy atom. The molecule has 4 rings (SSSR count). The molecule has 2 saturated carbocycles. The first-order chi connectivity index (χ1) is 12.6. The highest BCUT2D eigenvalue weighted by Gasteiger charge is 2.68. The number of hydrogen-bond donors (Lipinski definition) is 3. The third-order valence-corrected chi connectivity index (χ3v) is 8.58. The molecule has 0 heterocycles. The van der Waals surface area contributed by atoms with Crippen molar-refractivity contribution in [3.05, 3.63) is 22.8 Å². The predicted molar refractivity (Wildman–Crippen MR) is 99.8 cm³/mol. The molecule has 1 unspecified atom stereocenters. The van der Waals surface area contributed by atoms with Crippen molar-refractivity contribution in [3.63, 3.8) is 0 Å². The lowest BCUT2D eigenvalue weighted by Crippen LogP contribution is -2.61. The summed E-state index contributed by atoms with van der Waals surface area (Å²) in [6, 6.07) is 0. The van der Waals surface area contributed by atoms with Crippen molar-refractivity contribution in [1.82, 2.24) is 0 Å². The third kappa shape index (κ3) is 2.35. The van der Waals surface area contributed by atoms with Gasteiger partial charge in [-0.3, -0.25) is 9.59 Å². The second-order valence-corrected chi connectivity index (χ2v) is 9.74. The van der Waals surface area contributed by atoms with E-state index in [-0.39, 0.29) is 30.0 Å². The summed E-state index contributed by atoms with van der Waals surface area (Å²) in [4.78, 5) is 24.3. The molecule has 0 aliphatic heterocycles. The average Bonchev–Trinajstić information content (AvgIpc) is 2.87. The summed E-state index contributed by atoms with van der Waals surface area (Å²) in [6.45, 7) is 3.23. The zero-order chi connectivity index (χ0) is 19.8. The lowest BCUT2D eigenvalue weighted by atomic mass is 9.47. The summed E-state index contributed by atoms with van der Waals surface area (Å²) < 4.78 is 0. The maximum absolute atomic E-state index is 12.4. The molecule has 27 heavy (non-hydrogen) atoms. The van der Waals surface area contributed by atoms with E-state index in [9.17, 15) is 24.9 Å². The molecule has 7 atom stereocenters. The molecule has 5 nitrogen and oxygen atoms in total. The van der Waals surface area contributed by atoms with Gasteiger partial charge in [0, 0.05) is 28.2 Å². The second-order valence-electron chi connectivity index (χ2n) is 9.34. The Bertz CT molecular complexity index is 773. The van der Waals surface area contributed by atoms with Crippen LogP contribution in [0, 0.1) is 28.6 Å². The molecule has 0 saturated heterocycles. The van der Waals surface area contributed by atoms with Crippen LogP contribution in [0.15, 0.2) is 22.8 Å². The number of halogens is 1. The lowest BCUT2D eigenvalue weighted by molar-refractivity contribution is -0.174. The van der Waals surface area contributed by atoms with Crippen LogP contribution in [0.4, 0.5) is 0 Å². The largest absolute Gasteiger partial charge is 0.393 e. The number of Topliss-reactive ketones (excluding diaryl/α,β-unsaturated/α-hetero) is 1. The maximum Gasteiger partial charge on any atom is 0.190 e. The first-order valence-corrected chi connectivity index (χ1v) is 10.1. The molecule has 0 aromatic rings. The molecule has 0 bridgehead atoms. The van der Waals surface area contributed by atoms with Crippen molar-refractivity contribution in [3.8, 4) is 0 Å². The molecular weight excluding hydrogens is 368 g/mol. The number of carbonyl (C=O) groups excluding carboxylic acids is 2. The van der Waals surface area contributed by atoms with Gasteiger partial charge in [-0.25, -0.2) is 0 Å². The Morgan fingerprint density at radius 3 is 2.70 bits per heavy atom. The van der Waals surface area contributed by atoms with E-state index >= 15 is 0 Å². The van der Waals surface area contributed by atoms with Crippen LogP contribution in [-0.2, 0) is 9.59 Å². The minimum Gasteiger partial charge on any atom is -0.393 e. The first kappa shape index (κ1) is 19.3. The van der Waals surface area contributed by atoms with Gasteiger partial charge in [0.15, 0.2) is 11.6 Å². The van der Waals surface area contributed by atoms with Gasteiger partial charge in [0.05, 0.1) is 6.10 Å². The van der Waals surface area contributed by atoms with E-state index in [2.05, 4.69) is 6.92 Å². The zero-order valence-corrected chi connectivity index (χ0v) is 16.5. The summed E-state index contributed by atoms with van der Waals surface area (Å²) in [6.07, 6.45) is 5.13. The molecule has 2 fully saturated rings. The number of ketones is 2. The molecular formula is C21H27ClO5. The molecule has 0 aromatic carbocycles. The molecule has 0 aromatic heterocycles. The van der Waals surface area contributed by atoms with Crippen LogP contribution in [0.1, 0.15) is 46.0 Å². The third-order valence-electron chi connectivity index (χ3n) is 8.26. The molecule has 0 radical (unpaired) electrons. The normalized spacial score (nSPS) is 48.9. The highest BCUT2D eigenvalue weighted by molar-refractivity contribution is 6.32. The number of allylic oxidation sites excluding steroid dienone is 4. The Hall–Kier alpha value is -1.01. The van der Waals surface area contributed by atoms with Crippen molar-refractivity contribution < 1.29 is 24.9 Å². The van der Waals surface area contributed by atoms with Crippen molar-refractivity contribution in [2.24, 2.45) is 28.6 Å². The molecule has 148 valence electrons. The van der Waals surface area contributed by atoms with Gasteiger partial charge >= 0.3 is 0 Å². The number of aliphatic hydroxyl groups is 3. The van der Waals surface area contributed by atoms with E-state index in [1.807, 2.05) is 13.0 Å². The van der Waals surface area contributed by atoms with E-state index in [0.29, 0.717) is 30.7 Å². The molecule has 0 spiro atoms. The fourth-order valence-corrected chi connectivity index (χ4v) is 7.22. The predicted octanol–water partition coefficient (Wildman–Crippen LogP) is 2.12. The summed E-state index contributed by atoms with van der Waals surface area (Å²) in [5, 5.41) is 32.3. The summed E-state index contributed by atoms with van der Waals surface area (Å²) in [5.41, 5.74) is -2.03. The summed E-state index contributed by atoms with van der Waals surface area (Å²) in [7, 11) is 0. The van der Waals surface area contributed by atoms with Crippen LogP contribution in [0.3, 0.4) is 0 Å². The number of hydrogen-bond acceptors (Lipinski definition) is 5. The quantitative estimate of drug-likeness (QED) is 0.666. The van der Waals surface area contributed by atoms with Crippen LogP contribution >= 0.6 is 11.6 Å². The molecule has 6 heteroatoms. The molecule has 4 aliphatic rings. The fraction of sp³-hybridized carbons (Fsp3) is 0.714. The van der Waals surface area contributed by atoms with Gasteiger partial charge in [-0.1, -0.05) is 31.5 Å². The highest BCUT2D eigenvalue weighted by atomic mass is 35.5. The zero-order valence-electron chi connectivity index (χ0n) is 15.7. The van der Waals surface area contributed by atoms with Gasteiger partial charge in [0.1, 0.15) is 12.2 Å². The average molecular weight is 395 g/mol. The number of aliphatic hydroxyl groups excluding tert-OH is 2. The van der Waals surface area contributed by atoms with Crippen LogP contribution < -0.4 is 0 Å². The van der Waals surface area contributed by atoms with Crippen LogP contribution in [0.5, 0.6) is 0 Å². The smallest absolute Gasteiger partial charge is 0.190 e. The highest BCUT2D eigenvalue weighted by Crippen LogP contribution is 2.67. The first-order valence-electron chi connectivity index (χ1n) is 9.76. The van der Waals surface area contributed by atoms with Crippen LogP contribution in [-0.4, -0.2) is 45.2 Å². The minimum absolute atomic E-state index is 0.0175. The molecule has 0 amide bonds. The van der Waals surface area contributed by atoms with Gasteiger partial charge in [-0.15, -0.1) is 0 Å². The fourth-order valence-electron chi connectivity index (χ4n) is 6.80. The van der Waals surface area contributed by atoms with E-state index < -0.39 is 34.9 Å². The summed E-state index contributed by atoms with van der Waals surface area (Å²) in [5.74, 6) is -0.715. The van der Waals surface area contributed by atoms with Crippen molar-refractivity contribution >= 4 is 23.2 Å². The van der Waals surface area contributed by atoms with E-state index in [0.717, 1.165) is 5.57 Å². The Labute approximate surface area is 164 Å². The Balaban J connectivity index is 1.83. The van der Waals surface area contributed by atoms with Crippen LogP contribution in [0.2, 0.25) is 0 Å². The molecule has 3 N–H and O–H groups in total. The standard InChI is InChI=1S/C21H27ClO5/c1-19-5-3-11(24)7-14(19)15(22)8-12-13-4-6-21(27,17(26)10-23)20(13,2)9-16(25)18(12)19/h7-8,12-13,16,18,23,25,27H,3-6,9-10H2,1-2H3/t12-,13-,16?,18+,19-,20-,21-/m0/s1.